The van der Waals surface area contributed by atoms with Crippen molar-refractivity contribution in [1.29, 1.82) is 0 Å². The standard InChI is InChI=1S/C15H21FN2O2.ClH/c1-20-14(9-17)8-15(19)18(13-5-6-13)10-11-3-2-4-12(16)7-11;/h2-4,7,13-14H,5-6,8-10,17H2,1H3;1H. The van der Waals surface area contributed by atoms with Crippen LogP contribution in [0.3, 0.4) is 0 Å². The molecule has 1 aromatic carbocycles. The van der Waals surface area contributed by atoms with Crippen LogP contribution in [0.2, 0.25) is 0 Å². The summed E-state index contributed by atoms with van der Waals surface area (Å²) in [4.78, 5) is 14.2. The summed E-state index contributed by atoms with van der Waals surface area (Å²) in [5.41, 5.74) is 6.36. The molecule has 0 saturated heterocycles. The topological polar surface area (TPSA) is 55.6 Å². The van der Waals surface area contributed by atoms with Gasteiger partial charge in [0.05, 0.1) is 12.5 Å². The smallest absolute Gasteiger partial charge is 0.225 e. The van der Waals surface area contributed by atoms with E-state index in [0.717, 1.165) is 18.4 Å². The molecule has 2 rings (SSSR count). The van der Waals surface area contributed by atoms with Crippen LogP contribution < -0.4 is 5.73 Å². The number of carbonyl (C=O) groups is 1. The molecule has 1 unspecified atom stereocenters. The molecular formula is C15H22ClFN2O2. The highest BCUT2D eigenvalue weighted by molar-refractivity contribution is 5.85. The average Bonchev–Trinajstić information content (AvgIpc) is 3.26. The highest BCUT2D eigenvalue weighted by Crippen LogP contribution is 2.29. The van der Waals surface area contributed by atoms with E-state index in [9.17, 15) is 9.18 Å². The highest BCUT2D eigenvalue weighted by Gasteiger charge is 2.33. The maximum Gasteiger partial charge on any atom is 0.225 e. The van der Waals surface area contributed by atoms with Crippen molar-refractivity contribution in [2.75, 3.05) is 13.7 Å². The Bertz CT molecular complexity index is 465. The molecule has 118 valence electrons. The Balaban J connectivity index is 0.00000220. The zero-order valence-electron chi connectivity index (χ0n) is 12.1. The molecule has 1 fully saturated rings. The molecule has 1 amide bonds. The monoisotopic (exact) mass is 316 g/mol. The van der Waals surface area contributed by atoms with Crippen molar-refractivity contribution >= 4 is 18.3 Å². The molecule has 6 heteroatoms. The van der Waals surface area contributed by atoms with Gasteiger partial charge in [0.1, 0.15) is 5.82 Å². The van der Waals surface area contributed by atoms with Crippen molar-refractivity contribution < 1.29 is 13.9 Å². The molecule has 0 aromatic heterocycles. The summed E-state index contributed by atoms with van der Waals surface area (Å²) in [5.74, 6) is -0.253. The van der Waals surface area contributed by atoms with Crippen LogP contribution in [-0.2, 0) is 16.1 Å². The Morgan fingerprint density at radius 1 is 1.52 bits per heavy atom. The van der Waals surface area contributed by atoms with Crippen molar-refractivity contribution in [3.05, 3.63) is 35.6 Å². The Hall–Kier alpha value is -1.17. The summed E-state index contributed by atoms with van der Waals surface area (Å²) < 4.78 is 18.4. The summed E-state index contributed by atoms with van der Waals surface area (Å²) in [5, 5.41) is 0. The molecule has 2 N–H and O–H groups in total. The summed E-state index contributed by atoms with van der Waals surface area (Å²) in [6.07, 6.45) is 2.05. The lowest BCUT2D eigenvalue weighted by Crippen LogP contribution is -2.37. The van der Waals surface area contributed by atoms with E-state index in [4.69, 9.17) is 10.5 Å². The Kier molecular flexibility index (Phi) is 7.08. The maximum atomic E-state index is 13.2. The number of methoxy groups -OCH3 is 1. The molecule has 0 bridgehead atoms. The van der Waals surface area contributed by atoms with Crippen molar-refractivity contribution in [2.45, 2.75) is 38.0 Å². The van der Waals surface area contributed by atoms with Crippen LogP contribution in [-0.4, -0.2) is 36.6 Å². The molecule has 1 aliphatic carbocycles. The molecule has 0 heterocycles. The lowest BCUT2D eigenvalue weighted by atomic mass is 10.1. The van der Waals surface area contributed by atoms with E-state index in [1.807, 2.05) is 11.0 Å². The molecule has 1 aliphatic rings. The number of nitrogens with two attached hydrogens (primary N) is 1. The molecule has 1 atom stereocenters. The SMILES string of the molecule is COC(CN)CC(=O)N(Cc1cccc(F)c1)C1CC1.Cl. The van der Waals surface area contributed by atoms with Gasteiger partial charge in [0.15, 0.2) is 0 Å². The van der Waals surface area contributed by atoms with Crippen LogP contribution in [0.15, 0.2) is 24.3 Å². The zero-order valence-corrected chi connectivity index (χ0v) is 12.9. The molecule has 0 radical (unpaired) electrons. The predicted molar refractivity (Wildman–Crippen MR) is 81.7 cm³/mol. The van der Waals surface area contributed by atoms with Gasteiger partial charge in [-0.15, -0.1) is 12.4 Å². The van der Waals surface area contributed by atoms with Gasteiger partial charge in [-0.1, -0.05) is 12.1 Å². The molecular weight excluding hydrogens is 295 g/mol. The first-order chi connectivity index (χ1) is 9.63. The van der Waals surface area contributed by atoms with Crippen LogP contribution >= 0.6 is 12.4 Å². The number of halogens is 2. The van der Waals surface area contributed by atoms with Crippen molar-refractivity contribution in [2.24, 2.45) is 5.73 Å². The first-order valence-corrected chi connectivity index (χ1v) is 6.90. The highest BCUT2D eigenvalue weighted by atomic mass is 35.5. The van der Waals surface area contributed by atoms with Gasteiger partial charge in [0.25, 0.3) is 0 Å². The summed E-state index contributed by atoms with van der Waals surface area (Å²) in [6.45, 7) is 0.767. The Labute approximate surface area is 130 Å². The van der Waals surface area contributed by atoms with Crippen LogP contribution in [0.1, 0.15) is 24.8 Å². The van der Waals surface area contributed by atoms with E-state index in [2.05, 4.69) is 0 Å². The lowest BCUT2D eigenvalue weighted by Gasteiger charge is -2.24. The second-order valence-electron chi connectivity index (χ2n) is 5.18. The second kappa shape index (κ2) is 8.32. The summed E-state index contributed by atoms with van der Waals surface area (Å²) in [6, 6.07) is 6.66. The van der Waals surface area contributed by atoms with Gasteiger partial charge >= 0.3 is 0 Å². The van der Waals surface area contributed by atoms with Crippen molar-refractivity contribution in [3.63, 3.8) is 0 Å². The Morgan fingerprint density at radius 3 is 2.76 bits per heavy atom. The fourth-order valence-electron chi connectivity index (χ4n) is 2.21. The van der Waals surface area contributed by atoms with Gasteiger partial charge in [-0.25, -0.2) is 4.39 Å². The minimum Gasteiger partial charge on any atom is -0.380 e. The largest absolute Gasteiger partial charge is 0.380 e. The van der Waals surface area contributed by atoms with Gasteiger partial charge in [-0.3, -0.25) is 4.79 Å². The van der Waals surface area contributed by atoms with E-state index in [0.29, 0.717) is 13.1 Å². The fourth-order valence-corrected chi connectivity index (χ4v) is 2.21. The van der Waals surface area contributed by atoms with E-state index in [-0.39, 0.29) is 42.7 Å². The molecule has 21 heavy (non-hydrogen) atoms. The van der Waals surface area contributed by atoms with Crippen LogP contribution in [0.5, 0.6) is 0 Å². The first-order valence-electron chi connectivity index (χ1n) is 6.90. The molecule has 4 nitrogen and oxygen atoms in total. The minimum atomic E-state index is -0.276. The van der Waals surface area contributed by atoms with Gasteiger partial charge in [0.2, 0.25) is 5.91 Å². The lowest BCUT2D eigenvalue weighted by molar-refractivity contribution is -0.134. The molecule has 0 aliphatic heterocycles. The molecule has 1 aromatic rings. The van der Waals surface area contributed by atoms with Crippen LogP contribution in [0, 0.1) is 5.82 Å². The molecule has 0 spiro atoms. The third kappa shape index (κ3) is 5.26. The van der Waals surface area contributed by atoms with Gasteiger partial charge < -0.3 is 15.4 Å². The maximum absolute atomic E-state index is 13.2. The zero-order chi connectivity index (χ0) is 14.5. The van der Waals surface area contributed by atoms with E-state index < -0.39 is 0 Å². The van der Waals surface area contributed by atoms with Crippen molar-refractivity contribution in [3.8, 4) is 0 Å². The quantitative estimate of drug-likeness (QED) is 0.838. The second-order valence-corrected chi connectivity index (χ2v) is 5.18. The number of rotatable bonds is 7. The third-order valence-corrected chi connectivity index (χ3v) is 3.55. The van der Waals surface area contributed by atoms with E-state index in [1.165, 1.54) is 12.1 Å². The Morgan fingerprint density at radius 2 is 2.24 bits per heavy atom. The van der Waals surface area contributed by atoms with E-state index >= 15 is 0 Å². The van der Waals surface area contributed by atoms with E-state index in [1.54, 1.807) is 13.2 Å². The number of nitrogens with zero attached hydrogens (tertiary/aromatic N) is 1. The first kappa shape index (κ1) is 17.9. The summed E-state index contributed by atoms with van der Waals surface area (Å²) in [7, 11) is 1.55. The number of carbonyl (C=O) groups excluding carboxylic acids is 1. The van der Waals surface area contributed by atoms with Crippen LogP contribution in [0.4, 0.5) is 4.39 Å². The summed E-state index contributed by atoms with van der Waals surface area (Å²) >= 11 is 0. The number of hydrogen-bond acceptors (Lipinski definition) is 3. The normalized spacial score (nSPS) is 15.2. The number of benzene rings is 1. The predicted octanol–water partition coefficient (Wildman–Crippen LogP) is 2.10. The van der Waals surface area contributed by atoms with Gasteiger partial charge in [0, 0.05) is 26.2 Å². The number of ether oxygens (including phenoxy) is 1. The fraction of sp³-hybridized carbons (Fsp3) is 0.533. The van der Waals surface area contributed by atoms with Gasteiger partial charge in [-0.05, 0) is 30.5 Å². The van der Waals surface area contributed by atoms with Gasteiger partial charge in [-0.2, -0.15) is 0 Å². The minimum absolute atomic E-state index is 0. The third-order valence-electron chi connectivity index (χ3n) is 3.55. The van der Waals surface area contributed by atoms with Crippen LogP contribution in [0.25, 0.3) is 0 Å². The number of hydrogen-bond donors (Lipinski definition) is 1. The molecule has 1 saturated carbocycles. The van der Waals surface area contributed by atoms with Crippen molar-refractivity contribution in [1.82, 2.24) is 4.90 Å². The number of amides is 1. The average molecular weight is 317 g/mol.